The summed E-state index contributed by atoms with van der Waals surface area (Å²) >= 11 is 0. The minimum atomic E-state index is -4.95. The van der Waals surface area contributed by atoms with Crippen molar-refractivity contribution in [2.45, 2.75) is 62.7 Å². The number of ether oxygens (including phenoxy) is 2. The average molecular weight is 700 g/mol. The fourth-order valence-electron chi connectivity index (χ4n) is 6.22. The number of nitrogens with one attached hydrogen (secondary N) is 2. The van der Waals surface area contributed by atoms with Crippen LogP contribution in [0.2, 0.25) is 0 Å². The van der Waals surface area contributed by atoms with E-state index >= 15 is 0 Å². The number of aliphatic hydroxyl groups excluding tert-OH is 1. The Labute approximate surface area is 263 Å². The summed E-state index contributed by atoms with van der Waals surface area (Å²) in [6.45, 7) is 0.678. The number of nitrogens with zero attached hydrogens (tertiary/aromatic N) is 7. The van der Waals surface area contributed by atoms with E-state index in [4.69, 9.17) is 34.5 Å². The first-order chi connectivity index (χ1) is 22.4. The second-order valence-corrected chi connectivity index (χ2v) is 14.2. The number of aromatic amines is 1. The van der Waals surface area contributed by atoms with Gasteiger partial charge < -0.3 is 35.8 Å². The first-order valence-corrected chi connectivity index (χ1v) is 17.5. The highest BCUT2D eigenvalue weighted by Gasteiger charge is 2.53. The lowest BCUT2D eigenvalue weighted by Crippen LogP contribution is -2.40. The number of imidazole rings is 2. The number of aliphatic hydroxyl groups is 1. The van der Waals surface area contributed by atoms with E-state index in [-0.39, 0.29) is 34.1 Å². The summed E-state index contributed by atoms with van der Waals surface area (Å²) in [5.74, 6) is -0.726. The van der Waals surface area contributed by atoms with Crippen LogP contribution >= 0.6 is 15.6 Å². The molecular weight excluding hydrogens is 668 g/mol. The van der Waals surface area contributed by atoms with Gasteiger partial charge in [0.25, 0.3) is 5.56 Å². The molecule has 4 unspecified atom stereocenters. The zero-order valence-corrected chi connectivity index (χ0v) is 26.3. The zero-order valence-electron chi connectivity index (χ0n) is 24.5. The van der Waals surface area contributed by atoms with Crippen molar-refractivity contribution in [3.8, 4) is 0 Å². The van der Waals surface area contributed by atoms with Crippen LogP contribution in [0.4, 0.5) is 11.8 Å². The summed E-state index contributed by atoms with van der Waals surface area (Å²) in [5.41, 5.74) is 11.4. The Morgan fingerprint density at radius 2 is 1.68 bits per heavy atom. The van der Waals surface area contributed by atoms with Gasteiger partial charge in [0.15, 0.2) is 35.1 Å². The first kappa shape index (κ1) is 32.2. The number of phosphoric ester groups is 1. The van der Waals surface area contributed by atoms with Crippen LogP contribution in [-0.4, -0.2) is 97.6 Å². The normalized spacial score (nSPS) is 36.6. The maximum atomic E-state index is 13.6. The van der Waals surface area contributed by atoms with Crippen molar-refractivity contribution < 1.29 is 47.1 Å². The van der Waals surface area contributed by atoms with Crippen molar-refractivity contribution in [1.29, 1.82) is 0 Å². The molecule has 0 radical (unpaired) electrons. The van der Waals surface area contributed by atoms with Crippen LogP contribution in [-0.2, 0) is 32.2 Å². The predicted molar refractivity (Wildman–Crippen MR) is 158 cm³/mol. The number of nitrogens with two attached hydrogens (primary N) is 2. The van der Waals surface area contributed by atoms with Gasteiger partial charge in [-0.2, -0.15) is 4.98 Å². The molecule has 2 bridgehead atoms. The standard InChI is InChI=1S/C23H31N11O11P2/c1-2-3-9-10-4-42-47(39,40)45-16-11(44-22(15(16)35)33-7-28-13-17(24)26-6-27-18(13)33)5-41-46(37,38)32-12(9)21(43-10)34-8-29-14-19(34)30-23(25)31-20(14)36/h6-12,15-16,21-22,35H,2-5H2,1H3,(H,39,40)(H2,24,26,27)(H2,32,37,38)(H3,25,30,31,36)/t9-,10+,11+,12?,15-,16?,21+,22+/m0/s1. The van der Waals surface area contributed by atoms with E-state index in [9.17, 15) is 28.8 Å². The summed E-state index contributed by atoms with van der Waals surface area (Å²) < 4.78 is 58.0. The third-order valence-electron chi connectivity index (χ3n) is 8.26. The van der Waals surface area contributed by atoms with Crippen molar-refractivity contribution in [3.63, 3.8) is 0 Å². The summed E-state index contributed by atoms with van der Waals surface area (Å²) in [5, 5.41) is 13.9. The number of H-pyrrole nitrogens is 1. The molecule has 9 N–H and O–H groups in total. The molecular formula is C23H31N11O11P2. The van der Waals surface area contributed by atoms with E-state index in [1.807, 2.05) is 6.92 Å². The van der Waals surface area contributed by atoms with E-state index in [1.165, 1.54) is 28.1 Å². The van der Waals surface area contributed by atoms with E-state index in [0.29, 0.717) is 12.8 Å². The number of fused-ring (bicyclic) bond motifs is 5. The molecule has 24 heteroatoms. The lowest BCUT2D eigenvalue weighted by molar-refractivity contribution is -0.0525. The molecule has 3 aliphatic heterocycles. The van der Waals surface area contributed by atoms with Crippen molar-refractivity contribution in [2.24, 2.45) is 5.92 Å². The summed E-state index contributed by atoms with van der Waals surface area (Å²) in [6.07, 6.45) is -3.27. The van der Waals surface area contributed by atoms with Crippen LogP contribution in [0.15, 0.2) is 23.8 Å². The molecule has 0 aliphatic carbocycles. The van der Waals surface area contributed by atoms with Crippen LogP contribution in [0.25, 0.3) is 22.3 Å². The number of rotatable bonds is 4. The zero-order chi connectivity index (χ0) is 33.2. The molecule has 3 saturated heterocycles. The van der Waals surface area contributed by atoms with Gasteiger partial charge in [-0.3, -0.25) is 32.5 Å². The van der Waals surface area contributed by atoms with Gasteiger partial charge in [0.2, 0.25) is 5.95 Å². The fourth-order valence-corrected chi connectivity index (χ4v) is 8.30. The SMILES string of the molecule is CCC[C@@H]1C2NP(=O)(O)OC[C@H]3O[C@@H](n4cnc5c(N)ncnc54)[C@@H](O)C3OP(=O)(O)OC[C@H]1O[C@H]2n1cnc2c(=O)[nH]c(N)nc21. The van der Waals surface area contributed by atoms with Crippen molar-refractivity contribution in [1.82, 2.24) is 44.1 Å². The molecule has 254 valence electrons. The topological polar surface area (TPSA) is 312 Å². The van der Waals surface area contributed by atoms with Gasteiger partial charge >= 0.3 is 15.6 Å². The van der Waals surface area contributed by atoms with Crippen molar-refractivity contribution >= 4 is 49.7 Å². The number of phosphoric acid groups is 1. The highest BCUT2D eigenvalue weighted by atomic mass is 31.2. The molecule has 4 aromatic rings. The van der Waals surface area contributed by atoms with Crippen LogP contribution in [0.3, 0.4) is 0 Å². The van der Waals surface area contributed by atoms with Gasteiger partial charge in [-0.25, -0.2) is 34.2 Å². The molecule has 0 amide bonds. The Kier molecular flexibility index (Phi) is 8.17. The maximum absolute atomic E-state index is 13.6. The minimum absolute atomic E-state index is 0.0344. The quantitative estimate of drug-likeness (QED) is 0.129. The number of hydrogen-bond acceptors (Lipinski definition) is 16. The minimum Gasteiger partial charge on any atom is -0.386 e. The maximum Gasteiger partial charge on any atom is 0.472 e. The van der Waals surface area contributed by atoms with E-state index < -0.39 is 83.2 Å². The summed E-state index contributed by atoms with van der Waals surface area (Å²) in [4.78, 5) is 57.1. The second-order valence-electron chi connectivity index (χ2n) is 11.2. The highest BCUT2D eigenvalue weighted by molar-refractivity contribution is 7.50. The summed E-state index contributed by atoms with van der Waals surface area (Å²) in [7, 11) is -9.68. The Morgan fingerprint density at radius 3 is 2.45 bits per heavy atom. The number of hydrogen-bond donors (Lipinski definition) is 7. The predicted octanol–water partition coefficient (Wildman–Crippen LogP) is -0.713. The Bertz CT molecular complexity index is 1970. The molecule has 47 heavy (non-hydrogen) atoms. The monoisotopic (exact) mass is 699 g/mol. The van der Waals surface area contributed by atoms with E-state index in [2.05, 4.69) is 35.0 Å². The van der Waals surface area contributed by atoms with Gasteiger partial charge in [0, 0.05) is 5.92 Å². The smallest absolute Gasteiger partial charge is 0.386 e. The van der Waals surface area contributed by atoms with Crippen LogP contribution in [0.5, 0.6) is 0 Å². The summed E-state index contributed by atoms with van der Waals surface area (Å²) in [6, 6.07) is -1.00. The molecule has 3 fully saturated rings. The Morgan fingerprint density at radius 1 is 0.979 bits per heavy atom. The molecule has 0 saturated carbocycles. The van der Waals surface area contributed by atoms with E-state index in [1.54, 1.807) is 0 Å². The van der Waals surface area contributed by atoms with E-state index in [0.717, 1.165) is 0 Å². The van der Waals surface area contributed by atoms with Gasteiger partial charge in [-0.15, -0.1) is 0 Å². The van der Waals surface area contributed by atoms with Gasteiger partial charge in [-0.05, 0) is 6.42 Å². The number of aromatic nitrogens is 8. The van der Waals surface area contributed by atoms with Crippen molar-refractivity contribution in [3.05, 3.63) is 29.3 Å². The van der Waals surface area contributed by atoms with Crippen molar-refractivity contribution in [2.75, 3.05) is 24.7 Å². The number of nitrogen functional groups attached to an aromatic ring is 2. The molecule has 0 aromatic carbocycles. The third-order valence-corrected chi connectivity index (χ3v) is 10.4. The first-order valence-electron chi connectivity index (χ1n) is 14.4. The molecule has 7 rings (SSSR count). The Balaban J connectivity index is 1.23. The molecule has 7 heterocycles. The second kappa shape index (κ2) is 11.9. The Hall–Kier alpha value is -3.40. The lowest BCUT2D eigenvalue weighted by Gasteiger charge is -2.28. The van der Waals surface area contributed by atoms with Crippen LogP contribution < -0.4 is 22.1 Å². The number of anilines is 2. The molecule has 3 aliphatic rings. The molecule has 4 aromatic heterocycles. The average Bonchev–Trinajstić information content (AvgIpc) is 3.76. The van der Waals surface area contributed by atoms with Crippen LogP contribution in [0.1, 0.15) is 32.2 Å². The van der Waals surface area contributed by atoms with Gasteiger partial charge in [0.05, 0.1) is 38.0 Å². The molecule has 22 nitrogen and oxygen atoms in total. The molecule has 0 spiro atoms. The lowest BCUT2D eigenvalue weighted by atomic mass is 9.92. The fraction of sp³-hybridized carbons (Fsp3) is 0.565. The largest absolute Gasteiger partial charge is 0.472 e. The molecule has 10 atom stereocenters. The third kappa shape index (κ3) is 5.85. The highest BCUT2D eigenvalue weighted by Crippen LogP contribution is 2.52. The van der Waals surface area contributed by atoms with Gasteiger partial charge in [-0.1, -0.05) is 13.3 Å². The van der Waals surface area contributed by atoms with Gasteiger partial charge in [0.1, 0.15) is 30.2 Å². The van der Waals surface area contributed by atoms with Crippen LogP contribution in [0, 0.1) is 5.92 Å².